The summed E-state index contributed by atoms with van der Waals surface area (Å²) in [7, 11) is 0. The molecule has 2 heterocycles. The number of nitrogens with one attached hydrogen (secondary N) is 1. The van der Waals surface area contributed by atoms with Crippen molar-refractivity contribution < 1.29 is 9.84 Å². The lowest BCUT2D eigenvalue weighted by molar-refractivity contribution is 0.173. The number of imidazole rings is 1. The quantitative estimate of drug-likeness (QED) is 0.697. The molecule has 3 aromatic rings. The summed E-state index contributed by atoms with van der Waals surface area (Å²) in [6, 6.07) is 9.44. The van der Waals surface area contributed by atoms with Gasteiger partial charge in [-0.2, -0.15) is 0 Å². The van der Waals surface area contributed by atoms with Crippen LogP contribution in [0, 0.1) is 0 Å². The van der Waals surface area contributed by atoms with Gasteiger partial charge in [-0.1, -0.05) is 12.1 Å². The van der Waals surface area contributed by atoms with Crippen molar-refractivity contribution in [2.45, 2.75) is 32.6 Å². The maximum Gasteiger partial charge on any atom is 0.233 e. The Bertz CT molecular complexity index is 800. The summed E-state index contributed by atoms with van der Waals surface area (Å²) in [5.41, 5.74) is 1.84. The van der Waals surface area contributed by atoms with E-state index in [1.807, 2.05) is 54.8 Å². The van der Waals surface area contributed by atoms with Gasteiger partial charge in [0.25, 0.3) is 0 Å². The van der Waals surface area contributed by atoms with Gasteiger partial charge in [-0.25, -0.2) is 9.97 Å². The Morgan fingerprint density at radius 1 is 1.25 bits per heavy atom. The Balaban J connectivity index is 1.58. The van der Waals surface area contributed by atoms with Crippen LogP contribution in [0.1, 0.15) is 31.2 Å². The van der Waals surface area contributed by atoms with Crippen LogP contribution >= 0.6 is 0 Å². The molecule has 1 aromatic carbocycles. The third-order valence-corrected chi connectivity index (χ3v) is 3.62. The number of aliphatic hydroxyl groups excluding tert-OH is 1. The second kappa shape index (κ2) is 7.42. The van der Waals surface area contributed by atoms with E-state index in [4.69, 9.17) is 4.74 Å². The molecule has 2 N–H and O–H groups in total. The third kappa shape index (κ3) is 3.90. The number of aliphatic hydroxyl groups is 1. The van der Waals surface area contributed by atoms with Gasteiger partial charge in [0.1, 0.15) is 5.75 Å². The van der Waals surface area contributed by atoms with Crippen molar-refractivity contribution in [3.63, 3.8) is 0 Å². The Morgan fingerprint density at radius 3 is 2.96 bits per heavy atom. The van der Waals surface area contributed by atoms with E-state index in [2.05, 4.69) is 15.3 Å². The van der Waals surface area contributed by atoms with Crippen LogP contribution in [0.25, 0.3) is 5.78 Å². The van der Waals surface area contributed by atoms with Gasteiger partial charge in [0, 0.05) is 25.5 Å². The van der Waals surface area contributed by atoms with Crippen molar-refractivity contribution in [2.75, 3.05) is 6.54 Å². The van der Waals surface area contributed by atoms with E-state index >= 15 is 0 Å². The summed E-state index contributed by atoms with van der Waals surface area (Å²) in [5, 5.41) is 13.6. The number of benzene rings is 1. The molecule has 0 aliphatic carbocycles. The first-order chi connectivity index (χ1) is 11.6. The van der Waals surface area contributed by atoms with Crippen molar-refractivity contribution in [2.24, 2.45) is 0 Å². The minimum Gasteiger partial charge on any atom is -0.491 e. The molecule has 1 atom stereocenters. The Hall–Kier alpha value is -2.44. The molecule has 24 heavy (non-hydrogen) atoms. The highest BCUT2D eigenvalue weighted by molar-refractivity contribution is 5.31. The second-order valence-corrected chi connectivity index (χ2v) is 5.93. The third-order valence-electron chi connectivity index (χ3n) is 3.62. The van der Waals surface area contributed by atoms with Gasteiger partial charge in [-0.15, -0.1) is 0 Å². The largest absolute Gasteiger partial charge is 0.491 e. The van der Waals surface area contributed by atoms with Gasteiger partial charge >= 0.3 is 0 Å². The average molecular weight is 326 g/mol. The number of ether oxygens (including phenoxy) is 1. The fourth-order valence-electron chi connectivity index (χ4n) is 2.53. The van der Waals surface area contributed by atoms with Crippen molar-refractivity contribution in [3.8, 4) is 5.75 Å². The van der Waals surface area contributed by atoms with E-state index in [1.165, 1.54) is 0 Å². The van der Waals surface area contributed by atoms with Crippen molar-refractivity contribution >= 4 is 5.78 Å². The number of fused-ring (bicyclic) bond motifs is 1. The Morgan fingerprint density at radius 2 is 2.12 bits per heavy atom. The molecule has 0 aliphatic rings. The second-order valence-electron chi connectivity index (χ2n) is 5.93. The summed E-state index contributed by atoms with van der Waals surface area (Å²) in [6.45, 7) is 5.01. The predicted octanol–water partition coefficient (Wildman–Crippen LogP) is 2.34. The molecular weight excluding hydrogens is 304 g/mol. The zero-order valence-corrected chi connectivity index (χ0v) is 13.9. The van der Waals surface area contributed by atoms with Gasteiger partial charge in [0.05, 0.1) is 24.1 Å². The lowest BCUT2D eigenvalue weighted by atomic mass is 10.1. The summed E-state index contributed by atoms with van der Waals surface area (Å²) < 4.78 is 7.59. The number of nitrogens with zero attached hydrogens (tertiary/aromatic N) is 3. The Labute approximate surface area is 141 Å². The van der Waals surface area contributed by atoms with Crippen LogP contribution in [0.4, 0.5) is 0 Å². The first-order valence-corrected chi connectivity index (χ1v) is 8.06. The van der Waals surface area contributed by atoms with Gasteiger partial charge in [-0.3, -0.25) is 4.40 Å². The molecule has 2 aromatic heterocycles. The minimum atomic E-state index is -0.599. The lowest BCUT2D eigenvalue weighted by Crippen LogP contribution is -2.21. The average Bonchev–Trinajstić information content (AvgIpc) is 2.98. The summed E-state index contributed by atoms with van der Waals surface area (Å²) in [4.78, 5) is 8.43. The van der Waals surface area contributed by atoms with Crippen molar-refractivity contribution in [3.05, 3.63) is 60.2 Å². The smallest absolute Gasteiger partial charge is 0.233 e. The van der Waals surface area contributed by atoms with E-state index < -0.39 is 6.10 Å². The van der Waals surface area contributed by atoms with Crippen molar-refractivity contribution in [1.29, 1.82) is 0 Å². The van der Waals surface area contributed by atoms with Crippen LogP contribution < -0.4 is 10.1 Å². The Kier molecular flexibility index (Phi) is 5.08. The molecule has 6 nitrogen and oxygen atoms in total. The van der Waals surface area contributed by atoms with Crippen LogP contribution in [-0.2, 0) is 6.54 Å². The molecule has 6 heteroatoms. The fourth-order valence-corrected chi connectivity index (χ4v) is 2.53. The van der Waals surface area contributed by atoms with Gasteiger partial charge in [-0.05, 0) is 37.6 Å². The van der Waals surface area contributed by atoms with Crippen LogP contribution in [0.15, 0.2) is 48.9 Å². The minimum absolute atomic E-state index is 0.110. The topological polar surface area (TPSA) is 71.7 Å². The first kappa shape index (κ1) is 16.4. The highest BCUT2D eigenvalue weighted by atomic mass is 16.5. The molecule has 0 fully saturated rings. The first-order valence-electron chi connectivity index (χ1n) is 8.06. The number of hydrogen-bond acceptors (Lipinski definition) is 5. The van der Waals surface area contributed by atoms with Gasteiger partial charge < -0.3 is 15.2 Å². The monoisotopic (exact) mass is 326 g/mol. The van der Waals surface area contributed by atoms with Crippen LogP contribution in [0.3, 0.4) is 0 Å². The van der Waals surface area contributed by atoms with Crippen molar-refractivity contribution in [1.82, 2.24) is 19.7 Å². The highest BCUT2D eigenvalue weighted by Crippen LogP contribution is 2.20. The molecule has 3 rings (SSSR count). The predicted molar refractivity (Wildman–Crippen MR) is 91.9 cm³/mol. The summed E-state index contributed by atoms with van der Waals surface area (Å²) >= 11 is 0. The zero-order chi connectivity index (χ0) is 16.9. The molecule has 0 saturated heterocycles. The van der Waals surface area contributed by atoms with E-state index in [0.29, 0.717) is 18.9 Å². The molecule has 0 saturated carbocycles. The fraction of sp³-hybridized carbons (Fsp3) is 0.333. The van der Waals surface area contributed by atoms with Crippen LogP contribution in [0.5, 0.6) is 5.75 Å². The standard InChI is InChI=1S/C18H22N4O2/c1-13(2)24-16-6-3-5-14(9-16)17(23)12-19-10-15-11-21-18-20-7-4-8-22(15)18/h3-9,11,13,17,19,23H,10,12H2,1-2H3. The van der Waals surface area contributed by atoms with Crippen LogP contribution in [0.2, 0.25) is 0 Å². The summed E-state index contributed by atoms with van der Waals surface area (Å²) in [6.07, 6.45) is 4.95. The molecule has 0 amide bonds. The van der Waals surface area contributed by atoms with E-state index in [1.54, 1.807) is 12.4 Å². The molecular formula is C18H22N4O2. The van der Waals surface area contributed by atoms with Gasteiger partial charge in [0.2, 0.25) is 5.78 Å². The van der Waals surface area contributed by atoms with E-state index in [-0.39, 0.29) is 6.10 Å². The zero-order valence-electron chi connectivity index (χ0n) is 13.9. The number of hydrogen-bond donors (Lipinski definition) is 2. The SMILES string of the molecule is CC(C)Oc1cccc(C(O)CNCc2cnc3ncccn23)c1. The molecule has 0 bridgehead atoms. The highest BCUT2D eigenvalue weighted by Gasteiger charge is 2.10. The molecule has 0 radical (unpaired) electrons. The van der Waals surface area contributed by atoms with E-state index in [9.17, 15) is 5.11 Å². The number of rotatable bonds is 7. The summed E-state index contributed by atoms with van der Waals surface area (Å²) in [5.74, 6) is 1.45. The van der Waals surface area contributed by atoms with E-state index in [0.717, 1.165) is 17.0 Å². The maximum absolute atomic E-state index is 10.4. The molecule has 0 aliphatic heterocycles. The lowest BCUT2D eigenvalue weighted by Gasteiger charge is -2.15. The van der Waals surface area contributed by atoms with Gasteiger partial charge in [0.15, 0.2) is 0 Å². The molecule has 126 valence electrons. The molecule has 0 spiro atoms. The molecule has 1 unspecified atom stereocenters. The maximum atomic E-state index is 10.4. The van der Waals surface area contributed by atoms with Crippen LogP contribution in [-0.4, -0.2) is 32.1 Å². The number of aromatic nitrogens is 3. The normalized spacial score (nSPS) is 12.7.